The second-order valence-corrected chi connectivity index (χ2v) is 19.6. The van der Waals surface area contributed by atoms with Crippen LogP contribution in [0.15, 0.2) is 203 Å². The third kappa shape index (κ3) is 12.7. The van der Waals surface area contributed by atoms with Crippen molar-refractivity contribution in [1.82, 2.24) is 15.0 Å². The zero-order valence-corrected chi connectivity index (χ0v) is 45.2. The summed E-state index contributed by atoms with van der Waals surface area (Å²) in [5, 5.41) is 44.2. The SMILES string of the molecule is Cc1oc(-c2ccccc2)nc1CCOc1ccc(C[C@](Nc2ccccc2C(=O)c2ccncc2)(C(=O)O)c2cc[n+]([O-])c(C(CNc3ccc(C=O)cc3)C(=O)O)c2-c2ccc(OCCc3nc(-c4ccccc4)oc3C)cc2)cc1. The molecule has 0 aliphatic rings. The number of pyridine rings is 2. The summed E-state index contributed by atoms with van der Waals surface area (Å²) in [6, 6.07) is 49.9. The summed E-state index contributed by atoms with van der Waals surface area (Å²) in [6.45, 7) is 3.80. The summed E-state index contributed by atoms with van der Waals surface area (Å²) in [4.78, 5) is 67.8. The molecule has 4 heterocycles. The van der Waals surface area contributed by atoms with E-state index in [2.05, 4.69) is 15.6 Å². The van der Waals surface area contributed by atoms with Crippen molar-refractivity contribution >= 4 is 35.4 Å². The molecular weight excluding hydrogens is 1050 g/mol. The third-order valence-corrected chi connectivity index (χ3v) is 14.2. The van der Waals surface area contributed by atoms with Crippen molar-refractivity contribution in [2.45, 2.75) is 44.6 Å². The molecule has 6 aromatic carbocycles. The van der Waals surface area contributed by atoms with E-state index in [4.69, 9.17) is 28.3 Å². The van der Waals surface area contributed by atoms with Crippen molar-refractivity contribution in [2.24, 2.45) is 0 Å². The molecule has 0 aliphatic heterocycles. The van der Waals surface area contributed by atoms with Crippen molar-refractivity contribution in [3.63, 3.8) is 0 Å². The highest BCUT2D eigenvalue weighted by Crippen LogP contribution is 2.42. The largest absolute Gasteiger partial charge is 0.618 e. The third-order valence-electron chi connectivity index (χ3n) is 14.2. The van der Waals surface area contributed by atoms with Gasteiger partial charge in [0.25, 0.3) is 0 Å². The van der Waals surface area contributed by atoms with E-state index in [1.54, 1.807) is 109 Å². The van der Waals surface area contributed by atoms with E-state index < -0.39 is 29.2 Å². The predicted octanol–water partition coefficient (Wildman–Crippen LogP) is 11.5. The lowest BCUT2D eigenvalue weighted by Crippen LogP contribution is -2.48. The number of carboxylic acids is 2. The highest BCUT2D eigenvalue weighted by atomic mass is 16.5. The number of aliphatic carboxylic acids is 2. The number of ether oxygens (including phenoxy) is 2. The van der Waals surface area contributed by atoms with Crippen LogP contribution >= 0.6 is 0 Å². The number of nitrogens with one attached hydrogen (secondary N) is 2. The molecule has 0 fully saturated rings. The molecule has 10 aromatic rings. The monoisotopic (exact) mass is 1110 g/mol. The van der Waals surface area contributed by atoms with Crippen LogP contribution in [0.3, 0.4) is 0 Å². The van der Waals surface area contributed by atoms with E-state index in [9.17, 15) is 34.6 Å². The van der Waals surface area contributed by atoms with Crippen LogP contribution in [0, 0.1) is 19.1 Å². The van der Waals surface area contributed by atoms with Gasteiger partial charge in [-0.1, -0.05) is 72.8 Å². The van der Waals surface area contributed by atoms with Crippen LogP contribution in [0.1, 0.15) is 71.9 Å². The molecular formula is C66H56N6O11. The number of carbonyl (C=O) groups excluding carboxylic acids is 2. The number of aromatic nitrogens is 4. The zero-order valence-electron chi connectivity index (χ0n) is 45.2. The topological polar surface area (TPSA) is 243 Å². The summed E-state index contributed by atoms with van der Waals surface area (Å²) in [5.74, 6) is -1.62. The number of hydrogen-bond acceptors (Lipinski definition) is 14. The molecule has 2 atom stereocenters. The first kappa shape index (κ1) is 55.6. The maximum atomic E-state index is 14.8. The first-order chi connectivity index (χ1) is 40.4. The molecule has 83 heavy (non-hydrogen) atoms. The zero-order chi connectivity index (χ0) is 57.9. The van der Waals surface area contributed by atoms with Gasteiger partial charge in [0, 0.05) is 89.0 Å². The van der Waals surface area contributed by atoms with E-state index >= 15 is 0 Å². The number of anilines is 2. The molecule has 0 saturated carbocycles. The molecule has 17 nitrogen and oxygen atoms in total. The van der Waals surface area contributed by atoms with Crippen LogP contribution in [-0.2, 0) is 34.4 Å². The lowest BCUT2D eigenvalue weighted by molar-refractivity contribution is -0.614. The highest BCUT2D eigenvalue weighted by molar-refractivity contribution is 6.12. The van der Waals surface area contributed by atoms with Gasteiger partial charge in [-0.15, -0.1) is 0 Å². The van der Waals surface area contributed by atoms with E-state index in [1.165, 1.54) is 18.5 Å². The van der Waals surface area contributed by atoms with Gasteiger partial charge in [-0.2, -0.15) is 4.73 Å². The second-order valence-electron chi connectivity index (χ2n) is 19.6. The lowest BCUT2D eigenvalue weighted by atomic mass is 9.77. The van der Waals surface area contributed by atoms with E-state index in [0.717, 1.165) is 23.0 Å². The Morgan fingerprint density at radius 2 is 1.23 bits per heavy atom. The lowest BCUT2D eigenvalue weighted by Gasteiger charge is -2.35. The van der Waals surface area contributed by atoms with Crippen molar-refractivity contribution < 1.29 is 52.4 Å². The minimum atomic E-state index is -2.26. The fourth-order valence-electron chi connectivity index (χ4n) is 9.86. The van der Waals surface area contributed by atoms with Gasteiger partial charge in [0.2, 0.25) is 17.5 Å². The summed E-state index contributed by atoms with van der Waals surface area (Å²) in [5.41, 5.74) is 2.80. The maximum absolute atomic E-state index is 14.8. The molecule has 17 heteroatoms. The summed E-state index contributed by atoms with van der Waals surface area (Å²) >= 11 is 0. The van der Waals surface area contributed by atoms with Gasteiger partial charge in [0.1, 0.15) is 29.3 Å². The molecule has 10 rings (SSSR count). The van der Waals surface area contributed by atoms with E-state index in [1.807, 2.05) is 74.5 Å². The Labute approximate surface area is 477 Å². The Balaban J connectivity index is 1.04. The number of aryl methyl sites for hydroxylation is 2. The number of nitrogens with zero attached hydrogens (tertiary/aromatic N) is 4. The minimum absolute atomic E-state index is 0.00224. The molecule has 4 aromatic heterocycles. The van der Waals surface area contributed by atoms with Crippen LogP contribution in [0.25, 0.3) is 34.0 Å². The number of carboxylic acid groups (broad SMARTS) is 2. The quantitative estimate of drug-likeness (QED) is 0.0180. The van der Waals surface area contributed by atoms with Gasteiger partial charge in [0.05, 0.1) is 30.2 Å². The molecule has 0 saturated heterocycles. The molecule has 0 radical (unpaired) electrons. The van der Waals surface area contributed by atoms with Crippen molar-refractivity contribution in [3.8, 4) is 45.5 Å². The first-order valence-electron chi connectivity index (χ1n) is 26.7. The molecule has 4 N–H and O–H groups in total. The predicted molar refractivity (Wildman–Crippen MR) is 310 cm³/mol. The Bertz CT molecular complexity index is 3890. The van der Waals surface area contributed by atoms with Crippen LogP contribution in [-0.4, -0.2) is 68.9 Å². The Morgan fingerprint density at radius 3 is 1.78 bits per heavy atom. The summed E-state index contributed by atoms with van der Waals surface area (Å²) in [6.07, 6.45) is 5.27. The standard InChI is InChI=1S/C66H56N6O11/c1-42-56(69-62(82-42)48-11-5-3-6-12-48)32-37-80-51-25-19-44(20-26-51)39-66(65(77)78,71-58-16-10-9-15-53(58)61(74)47-29-34-67-35-30-47)55-31-36-72(79)60(54(64(75)76)40-68-50-23-17-45(41-73)18-24-50)59(55)46-21-27-52(28-22-46)81-38-33-57-43(2)83-63(70-57)49-13-7-4-8-14-49/h3-31,34-36,41,54,68,71H,32-33,37-40H2,1-2H3,(H,75,76)(H,77,78)/t54?,66-/m1/s1. The highest BCUT2D eigenvalue weighted by Gasteiger charge is 2.47. The Morgan fingerprint density at radius 1 is 0.675 bits per heavy atom. The number of hydrogen-bond donors (Lipinski definition) is 4. The number of aldehydes is 1. The number of carbonyl (C=O) groups is 4. The summed E-state index contributed by atoms with van der Waals surface area (Å²) in [7, 11) is 0. The summed E-state index contributed by atoms with van der Waals surface area (Å²) < 4.78 is 24.8. The molecule has 0 aliphatic carbocycles. The average Bonchev–Trinajstić information content (AvgIpc) is 2.56. The molecule has 1 unspecified atom stereocenters. The number of oxazole rings is 2. The van der Waals surface area contributed by atoms with Gasteiger partial charge >= 0.3 is 11.9 Å². The molecule has 0 bridgehead atoms. The smallest absolute Gasteiger partial charge is 0.334 e. The first-order valence-corrected chi connectivity index (χ1v) is 26.7. The van der Waals surface area contributed by atoms with E-state index in [0.29, 0.717) is 86.7 Å². The molecule has 0 spiro atoms. The number of rotatable bonds is 25. The second kappa shape index (κ2) is 25.2. The molecule has 416 valence electrons. The fourth-order valence-corrected chi connectivity index (χ4v) is 9.86. The van der Waals surface area contributed by atoms with Gasteiger partial charge in [-0.3, -0.25) is 19.4 Å². The van der Waals surface area contributed by atoms with Crippen LogP contribution in [0.5, 0.6) is 11.5 Å². The molecule has 0 amide bonds. The minimum Gasteiger partial charge on any atom is -0.618 e. The van der Waals surface area contributed by atoms with E-state index in [-0.39, 0.29) is 59.8 Å². The number of benzene rings is 6. The van der Waals surface area contributed by atoms with Crippen LogP contribution in [0.4, 0.5) is 11.4 Å². The number of ketones is 1. The Kier molecular flexibility index (Phi) is 16.9. The van der Waals surface area contributed by atoms with Gasteiger partial charge < -0.3 is 44.4 Å². The van der Waals surface area contributed by atoms with Crippen molar-refractivity contribution in [2.75, 3.05) is 30.4 Å². The normalized spacial score (nSPS) is 12.2. The van der Waals surface area contributed by atoms with Crippen molar-refractivity contribution in [3.05, 3.63) is 256 Å². The van der Waals surface area contributed by atoms with Gasteiger partial charge in [-0.25, -0.2) is 14.8 Å². The van der Waals surface area contributed by atoms with Gasteiger partial charge in [0.15, 0.2) is 23.4 Å². The number of para-hydroxylation sites is 1. The van der Waals surface area contributed by atoms with Gasteiger partial charge in [-0.05, 0) is 122 Å². The van der Waals surface area contributed by atoms with Crippen LogP contribution < -0.4 is 24.8 Å². The Hall–Kier alpha value is -10.7. The van der Waals surface area contributed by atoms with Crippen LogP contribution in [0.2, 0.25) is 0 Å². The average molecular weight is 1110 g/mol. The maximum Gasteiger partial charge on any atom is 0.334 e. The fraction of sp³-hybridized carbons (Fsp3) is 0.152. The van der Waals surface area contributed by atoms with Crippen molar-refractivity contribution in [1.29, 1.82) is 0 Å².